The Bertz CT molecular complexity index is 728. The molecule has 0 radical (unpaired) electrons. The number of hydrogen-bond acceptors (Lipinski definition) is 2. The highest BCUT2D eigenvalue weighted by Gasteiger charge is 2.13. The molecule has 0 amide bonds. The van der Waals surface area contributed by atoms with Crippen LogP contribution in [0.1, 0.15) is 27.2 Å². The monoisotopic (exact) mass is 264 g/mol. The van der Waals surface area contributed by atoms with Crippen molar-refractivity contribution in [1.29, 1.82) is 0 Å². The van der Waals surface area contributed by atoms with E-state index in [1.807, 2.05) is 56.3 Å². The first-order chi connectivity index (χ1) is 9.61. The molecule has 0 aliphatic heterocycles. The third-order valence-electron chi connectivity index (χ3n) is 3.35. The van der Waals surface area contributed by atoms with Gasteiger partial charge >= 0.3 is 0 Å². The van der Waals surface area contributed by atoms with Crippen LogP contribution < -0.4 is 0 Å². The van der Waals surface area contributed by atoms with Gasteiger partial charge in [0.15, 0.2) is 5.76 Å². The molecule has 0 N–H and O–H groups in total. The first-order valence-corrected chi connectivity index (χ1v) is 6.71. The van der Waals surface area contributed by atoms with Crippen LogP contribution in [0.25, 0.3) is 11.0 Å². The van der Waals surface area contributed by atoms with Crippen LogP contribution in [0.2, 0.25) is 0 Å². The number of carbonyl (C=O) groups is 1. The molecule has 0 atom stereocenters. The first-order valence-electron chi connectivity index (χ1n) is 6.71. The second kappa shape index (κ2) is 4.97. The third kappa shape index (κ3) is 2.50. The van der Waals surface area contributed by atoms with Crippen molar-refractivity contribution in [3.8, 4) is 0 Å². The SMILES string of the molecule is Cc1cc(C)cc(CC(=O)c2cc3ccccc3o2)c1. The van der Waals surface area contributed by atoms with Gasteiger partial charge < -0.3 is 4.42 Å². The van der Waals surface area contributed by atoms with Gasteiger partial charge in [-0.25, -0.2) is 0 Å². The maximum Gasteiger partial charge on any atom is 0.202 e. The molecule has 1 aromatic heterocycles. The summed E-state index contributed by atoms with van der Waals surface area (Å²) in [5.41, 5.74) is 4.15. The van der Waals surface area contributed by atoms with Crippen molar-refractivity contribution in [1.82, 2.24) is 0 Å². The van der Waals surface area contributed by atoms with Crippen molar-refractivity contribution in [3.63, 3.8) is 0 Å². The molecule has 100 valence electrons. The Morgan fingerprint density at radius 3 is 2.40 bits per heavy atom. The van der Waals surface area contributed by atoms with E-state index in [1.54, 1.807) is 0 Å². The van der Waals surface area contributed by atoms with Crippen LogP contribution in [0.15, 0.2) is 52.9 Å². The van der Waals surface area contributed by atoms with Crippen LogP contribution in [0, 0.1) is 13.8 Å². The molecule has 0 fully saturated rings. The normalized spacial score (nSPS) is 10.9. The number of carbonyl (C=O) groups excluding carboxylic acids is 1. The number of furan rings is 1. The van der Waals surface area contributed by atoms with Crippen LogP contribution >= 0.6 is 0 Å². The van der Waals surface area contributed by atoms with Crippen molar-refractivity contribution in [3.05, 3.63) is 71.0 Å². The topological polar surface area (TPSA) is 30.2 Å². The standard InChI is InChI=1S/C18H16O2/c1-12-7-13(2)9-14(8-12)10-16(19)18-11-15-5-3-4-6-17(15)20-18/h3-9,11H,10H2,1-2H3. The first kappa shape index (κ1) is 12.7. The molecule has 3 aromatic rings. The van der Waals surface area contributed by atoms with E-state index in [2.05, 4.69) is 6.07 Å². The summed E-state index contributed by atoms with van der Waals surface area (Å²) in [4.78, 5) is 12.3. The molecule has 2 nitrogen and oxygen atoms in total. The van der Waals surface area contributed by atoms with Gasteiger partial charge in [0.05, 0.1) is 0 Å². The maximum absolute atomic E-state index is 12.3. The predicted octanol–water partition coefficient (Wildman–Crippen LogP) is 4.48. The summed E-state index contributed by atoms with van der Waals surface area (Å²) in [7, 11) is 0. The van der Waals surface area contributed by atoms with Crippen LogP contribution in [-0.2, 0) is 6.42 Å². The van der Waals surface area contributed by atoms with Gasteiger partial charge in [-0.1, -0.05) is 47.5 Å². The van der Waals surface area contributed by atoms with Crippen LogP contribution in [0.3, 0.4) is 0 Å². The molecule has 0 aliphatic carbocycles. The second-order valence-electron chi connectivity index (χ2n) is 5.24. The number of aryl methyl sites for hydroxylation is 2. The molecule has 20 heavy (non-hydrogen) atoms. The maximum atomic E-state index is 12.3. The Morgan fingerprint density at radius 1 is 1.00 bits per heavy atom. The zero-order chi connectivity index (χ0) is 14.1. The third-order valence-corrected chi connectivity index (χ3v) is 3.35. The molecule has 2 aromatic carbocycles. The summed E-state index contributed by atoms with van der Waals surface area (Å²) in [5, 5.41) is 0.969. The van der Waals surface area contributed by atoms with Crippen LogP contribution in [0.4, 0.5) is 0 Å². The zero-order valence-electron chi connectivity index (χ0n) is 11.6. The van der Waals surface area contributed by atoms with E-state index >= 15 is 0 Å². The summed E-state index contributed by atoms with van der Waals surface area (Å²) in [6.45, 7) is 4.09. The average Bonchev–Trinajstić information content (AvgIpc) is 2.81. The minimum atomic E-state index is 0.0196. The fourth-order valence-electron chi connectivity index (χ4n) is 2.56. The largest absolute Gasteiger partial charge is 0.453 e. The highest BCUT2D eigenvalue weighted by Crippen LogP contribution is 2.20. The molecule has 0 bridgehead atoms. The van der Waals surface area contributed by atoms with E-state index in [0.29, 0.717) is 12.2 Å². The molecular formula is C18H16O2. The Balaban J connectivity index is 1.88. The minimum Gasteiger partial charge on any atom is -0.453 e. The van der Waals surface area contributed by atoms with Crippen molar-refractivity contribution in [2.75, 3.05) is 0 Å². The van der Waals surface area contributed by atoms with Gasteiger partial charge in [-0.15, -0.1) is 0 Å². The Kier molecular flexibility index (Phi) is 3.15. The van der Waals surface area contributed by atoms with Gasteiger partial charge in [0, 0.05) is 11.8 Å². The van der Waals surface area contributed by atoms with Gasteiger partial charge in [-0.3, -0.25) is 4.79 Å². The van der Waals surface area contributed by atoms with E-state index in [-0.39, 0.29) is 5.78 Å². The van der Waals surface area contributed by atoms with E-state index in [0.717, 1.165) is 16.5 Å². The number of benzene rings is 2. The summed E-state index contributed by atoms with van der Waals surface area (Å²) in [5.74, 6) is 0.455. The lowest BCUT2D eigenvalue weighted by Crippen LogP contribution is -2.02. The highest BCUT2D eigenvalue weighted by molar-refractivity contribution is 5.98. The van der Waals surface area contributed by atoms with Crippen molar-refractivity contribution < 1.29 is 9.21 Å². The molecule has 3 rings (SSSR count). The average molecular weight is 264 g/mol. The molecule has 0 saturated carbocycles. The zero-order valence-corrected chi connectivity index (χ0v) is 11.6. The van der Waals surface area contributed by atoms with Crippen molar-refractivity contribution >= 4 is 16.8 Å². The van der Waals surface area contributed by atoms with E-state index in [1.165, 1.54) is 11.1 Å². The lowest BCUT2D eigenvalue weighted by molar-refractivity contribution is 0.0968. The Labute approximate surface area is 118 Å². The van der Waals surface area contributed by atoms with E-state index < -0.39 is 0 Å². The number of hydrogen-bond donors (Lipinski definition) is 0. The fraction of sp³-hybridized carbons (Fsp3) is 0.167. The summed E-state index contributed by atoms with van der Waals surface area (Å²) < 4.78 is 5.61. The van der Waals surface area contributed by atoms with Gasteiger partial charge in [0.25, 0.3) is 0 Å². The number of rotatable bonds is 3. The highest BCUT2D eigenvalue weighted by atomic mass is 16.3. The van der Waals surface area contributed by atoms with Gasteiger partial charge in [0.2, 0.25) is 5.78 Å². The fourth-order valence-corrected chi connectivity index (χ4v) is 2.56. The van der Waals surface area contributed by atoms with Crippen LogP contribution in [0.5, 0.6) is 0 Å². The number of fused-ring (bicyclic) bond motifs is 1. The quantitative estimate of drug-likeness (QED) is 0.653. The Hall–Kier alpha value is -2.35. The molecule has 0 spiro atoms. The molecule has 0 unspecified atom stereocenters. The predicted molar refractivity (Wildman–Crippen MR) is 80.2 cm³/mol. The molecule has 2 heteroatoms. The lowest BCUT2D eigenvalue weighted by Gasteiger charge is -2.03. The van der Waals surface area contributed by atoms with E-state index in [9.17, 15) is 4.79 Å². The summed E-state index contributed by atoms with van der Waals surface area (Å²) in [6, 6.07) is 15.7. The van der Waals surface area contributed by atoms with E-state index in [4.69, 9.17) is 4.42 Å². The molecule has 1 heterocycles. The molecule has 0 saturated heterocycles. The Morgan fingerprint density at radius 2 is 1.70 bits per heavy atom. The van der Waals surface area contributed by atoms with Crippen molar-refractivity contribution in [2.24, 2.45) is 0 Å². The lowest BCUT2D eigenvalue weighted by atomic mass is 10.0. The number of para-hydroxylation sites is 1. The number of Topliss-reactive ketones (excluding diaryl/α,β-unsaturated/α-hetero) is 1. The van der Waals surface area contributed by atoms with Crippen LogP contribution in [-0.4, -0.2) is 5.78 Å². The van der Waals surface area contributed by atoms with Gasteiger partial charge in [0.1, 0.15) is 5.58 Å². The minimum absolute atomic E-state index is 0.0196. The van der Waals surface area contributed by atoms with Gasteiger partial charge in [-0.05, 0) is 31.5 Å². The van der Waals surface area contributed by atoms with Crippen molar-refractivity contribution in [2.45, 2.75) is 20.3 Å². The van der Waals surface area contributed by atoms with Gasteiger partial charge in [-0.2, -0.15) is 0 Å². The molecule has 0 aliphatic rings. The number of ketones is 1. The second-order valence-corrected chi connectivity index (χ2v) is 5.24. The summed E-state index contributed by atoms with van der Waals surface area (Å²) in [6.07, 6.45) is 0.377. The smallest absolute Gasteiger partial charge is 0.202 e. The summed E-state index contributed by atoms with van der Waals surface area (Å²) >= 11 is 0. The molecular weight excluding hydrogens is 248 g/mol.